The molecule has 0 N–H and O–H groups in total. The summed E-state index contributed by atoms with van der Waals surface area (Å²) in [6, 6.07) is 34.0. The Bertz CT molecular complexity index is 865. The van der Waals surface area contributed by atoms with Gasteiger partial charge in [-0.1, -0.05) is 113 Å². The molecular weight excluding hydrogens is 451 g/mol. The predicted molar refractivity (Wildman–Crippen MR) is 165 cm³/mol. The molecular formula is C35H48P+. The van der Waals surface area contributed by atoms with E-state index in [0.717, 1.165) is 5.92 Å². The molecule has 192 valence electrons. The van der Waals surface area contributed by atoms with Gasteiger partial charge in [-0.15, -0.1) is 0 Å². The van der Waals surface area contributed by atoms with Crippen LogP contribution in [0.15, 0.2) is 103 Å². The molecule has 0 saturated heterocycles. The van der Waals surface area contributed by atoms with Gasteiger partial charge in [0.1, 0.15) is 23.2 Å². The van der Waals surface area contributed by atoms with Crippen LogP contribution in [0, 0.1) is 5.92 Å². The summed E-state index contributed by atoms with van der Waals surface area (Å²) in [5.41, 5.74) is 0. The van der Waals surface area contributed by atoms with Crippen molar-refractivity contribution < 1.29 is 0 Å². The van der Waals surface area contributed by atoms with Crippen molar-refractivity contribution in [3.05, 3.63) is 103 Å². The third-order valence-corrected chi connectivity index (χ3v) is 12.0. The van der Waals surface area contributed by atoms with Gasteiger partial charge in [0.15, 0.2) is 0 Å². The molecule has 0 bridgehead atoms. The van der Waals surface area contributed by atoms with Crippen LogP contribution in [-0.2, 0) is 0 Å². The number of hydrogen-bond acceptors (Lipinski definition) is 0. The van der Waals surface area contributed by atoms with Gasteiger partial charge in [-0.3, -0.25) is 0 Å². The van der Waals surface area contributed by atoms with Gasteiger partial charge >= 0.3 is 0 Å². The molecule has 0 fully saturated rings. The first kappa shape index (κ1) is 28.4. The lowest BCUT2D eigenvalue weighted by molar-refractivity contribution is 0.458. The van der Waals surface area contributed by atoms with Gasteiger partial charge < -0.3 is 0 Å². The first-order chi connectivity index (χ1) is 17.8. The van der Waals surface area contributed by atoms with E-state index in [1.54, 1.807) is 0 Å². The average Bonchev–Trinajstić information content (AvgIpc) is 2.94. The molecule has 1 heteroatoms. The van der Waals surface area contributed by atoms with Gasteiger partial charge in [0, 0.05) is 0 Å². The Labute approximate surface area is 222 Å². The summed E-state index contributed by atoms with van der Waals surface area (Å²) in [6.45, 7) is 4.75. The van der Waals surface area contributed by atoms with Crippen molar-refractivity contribution in [1.29, 1.82) is 0 Å². The summed E-state index contributed by atoms with van der Waals surface area (Å²) < 4.78 is 0. The van der Waals surface area contributed by atoms with Crippen molar-refractivity contribution in [3.63, 3.8) is 0 Å². The Kier molecular flexibility index (Phi) is 13.1. The van der Waals surface area contributed by atoms with E-state index in [9.17, 15) is 0 Å². The van der Waals surface area contributed by atoms with Crippen LogP contribution in [0.2, 0.25) is 0 Å². The lowest BCUT2D eigenvalue weighted by Crippen LogP contribution is -2.33. The SMILES string of the molecule is CCCCC/C=C/CCCCC[C@H](C)CCC[P+](c1ccccc1)(c1ccccc1)c1ccccc1. The Balaban J connectivity index is 1.56. The largest absolute Gasteiger partial charge is 0.112 e. The fourth-order valence-corrected chi connectivity index (χ4v) is 9.75. The molecule has 0 nitrogen and oxygen atoms in total. The maximum atomic E-state index is 2.47. The van der Waals surface area contributed by atoms with Crippen molar-refractivity contribution in [2.75, 3.05) is 6.16 Å². The van der Waals surface area contributed by atoms with Crippen LogP contribution < -0.4 is 15.9 Å². The number of rotatable bonds is 17. The molecule has 0 saturated carbocycles. The van der Waals surface area contributed by atoms with Crippen molar-refractivity contribution in [2.24, 2.45) is 5.92 Å². The van der Waals surface area contributed by atoms with E-state index in [4.69, 9.17) is 0 Å². The zero-order valence-electron chi connectivity index (χ0n) is 22.8. The molecule has 3 aromatic carbocycles. The first-order valence-electron chi connectivity index (χ1n) is 14.5. The van der Waals surface area contributed by atoms with Crippen LogP contribution in [0.4, 0.5) is 0 Å². The molecule has 3 rings (SSSR count). The normalized spacial score (nSPS) is 12.7. The molecule has 1 atom stereocenters. The van der Waals surface area contributed by atoms with E-state index in [1.165, 1.54) is 92.7 Å². The quantitative estimate of drug-likeness (QED) is 0.0985. The summed E-state index contributed by atoms with van der Waals surface area (Å²) >= 11 is 0. The average molecular weight is 500 g/mol. The summed E-state index contributed by atoms with van der Waals surface area (Å²) in [5.74, 6) is 0.804. The number of hydrogen-bond donors (Lipinski definition) is 0. The molecule has 0 aliphatic rings. The lowest BCUT2D eigenvalue weighted by Gasteiger charge is -2.28. The van der Waals surface area contributed by atoms with Gasteiger partial charge in [-0.05, 0) is 80.8 Å². The van der Waals surface area contributed by atoms with Crippen molar-refractivity contribution in [3.8, 4) is 0 Å². The molecule has 0 aliphatic carbocycles. The Morgan fingerprint density at radius 1 is 0.556 bits per heavy atom. The fraction of sp³-hybridized carbons (Fsp3) is 0.429. The fourth-order valence-electron chi connectivity index (χ4n) is 5.38. The summed E-state index contributed by atoms with van der Waals surface area (Å²) in [4.78, 5) is 0. The second-order valence-corrected chi connectivity index (χ2v) is 14.0. The summed E-state index contributed by atoms with van der Waals surface area (Å²) in [6.07, 6.45) is 20.7. The monoisotopic (exact) mass is 499 g/mol. The van der Waals surface area contributed by atoms with Crippen LogP contribution in [0.25, 0.3) is 0 Å². The van der Waals surface area contributed by atoms with E-state index in [1.807, 2.05) is 0 Å². The van der Waals surface area contributed by atoms with E-state index in [0.29, 0.717) is 0 Å². The Morgan fingerprint density at radius 2 is 1.00 bits per heavy atom. The van der Waals surface area contributed by atoms with E-state index in [2.05, 4.69) is 117 Å². The highest BCUT2D eigenvalue weighted by Crippen LogP contribution is 2.56. The lowest BCUT2D eigenvalue weighted by atomic mass is 9.98. The Morgan fingerprint density at radius 3 is 1.47 bits per heavy atom. The van der Waals surface area contributed by atoms with Crippen LogP contribution in [0.1, 0.15) is 84.5 Å². The smallest absolute Gasteiger partial charge is 0.0885 e. The van der Waals surface area contributed by atoms with Gasteiger partial charge in [-0.25, -0.2) is 0 Å². The Hall–Kier alpha value is -2.17. The van der Waals surface area contributed by atoms with Crippen molar-refractivity contribution in [1.82, 2.24) is 0 Å². The zero-order valence-corrected chi connectivity index (χ0v) is 23.7. The molecule has 0 spiro atoms. The topological polar surface area (TPSA) is 0 Å². The van der Waals surface area contributed by atoms with E-state index in [-0.39, 0.29) is 0 Å². The van der Waals surface area contributed by atoms with Crippen molar-refractivity contribution >= 4 is 23.2 Å². The highest BCUT2D eigenvalue weighted by molar-refractivity contribution is 7.95. The van der Waals surface area contributed by atoms with Crippen LogP contribution >= 0.6 is 7.26 Å². The molecule has 36 heavy (non-hydrogen) atoms. The minimum Gasteiger partial charge on any atom is -0.0885 e. The highest BCUT2D eigenvalue weighted by atomic mass is 31.2. The summed E-state index contributed by atoms with van der Waals surface area (Å²) in [5, 5.41) is 4.54. The summed E-state index contributed by atoms with van der Waals surface area (Å²) in [7, 11) is -1.67. The predicted octanol–water partition coefficient (Wildman–Crippen LogP) is 9.48. The van der Waals surface area contributed by atoms with E-state index >= 15 is 0 Å². The van der Waals surface area contributed by atoms with Crippen LogP contribution in [0.3, 0.4) is 0 Å². The van der Waals surface area contributed by atoms with Gasteiger partial charge in [0.25, 0.3) is 0 Å². The minimum atomic E-state index is -1.67. The molecule has 0 amide bonds. The number of benzene rings is 3. The number of allylic oxidation sites excluding steroid dienone is 2. The molecule has 0 aliphatic heterocycles. The van der Waals surface area contributed by atoms with Crippen molar-refractivity contribution in [2.45, 2.75) is 84.5 Å². The molecule has 0 aromatic heterocycles. The molecule has 0 heterocycles. The van der Waals surface area contributed by atoms with E-state index < -0.39 is 7.26 Å². The number of unbranched alkanes of at least 4 members (excludes halogenated alkanes) is 6. The van der Waals surface area contributed by atoms with Crippen LogP contribution in [-0.4, -0.2) is 6.16 Å². The third kappa shape index (κ3) is 8.74. The van der Waals surface area contributed by atoms with Gasteiger partial charge in [0.05, 0.1) is 6.16 Å². The van der Waals surface area contributed by atoms with Gasteiger partial charge in [0.2, 0.25) is 0 Å². The molecule has 0 unspecified atom stereocenters. The minimum absolute atomic E-state index is 0.804. The second-order valence-electron chi connectivity index (χ2n) is 10.4. The third-order valence-electron chi connectivity index (χ3n) is 7.49. The maximum Gasteiger partial charge on any atom is 0.112 e. The standard InChI is InChI=1S/C35H48P/c1-3-4-5-6-7-8-9-10-11-15-23-32(2)24-22-31-36(33-25-16-12-17-26-33,34-27-18-13-19-28-34)35-29-20-14-21-30-35/h7-8,12-14,16-21,25-30,32H,3-6,9-11,15,22-24,31H2,1-2H3/q+1/b8-7+/t32-/m0/s1. The molecule has 3 aromatic rings. The van der Waals surface area contributed by atoms with Gasteiger partial charge in [-0.2, -0.15) is 0 Å². The first-order valence-corrected chi connectivity index (χ1v) is 16.4. The zero-order chi connectivity index (χ0) is 25.3. The second kappa shape index (κ2) is 16.6. The highest BCUT2D eigenvalue weighted by Gasteiger charge is 2.44. The van der Waals surface area contributed by atoms with Crippen LogP contribution in [0.5, 0.6) is 0 Å². The molecule has 0 radical (unpaired) electrons. The maximum absolute atomic E-state index is 2.47.